The third-order valence-electron chi connectivity index (χ3n) is 3.95. The molecule has 1 amide bonds. The van der Waals surface area contributed by atoms with E-state index in [4.69, 9.17) is 17.3 Å². The minimum absolute atomic E-state index is 0.205. The maximum Gasteiger partial charge on any atom is 0.405 e. The molecule has 0 bridgehead atoms. The number of nitrogens with one attached hydrogen (secondary N) is 2. The fourth-order valence-electron chi connectivity index (χ4n) is 2.47. The summed E-state index contributed by atoms with van der Waals surface area (Å²) in [5, 5.41) is 10.7. The Balaban J connectivity index is 1.95. The Morgan fingerprint density at radius 3 is 2.78 bits per heavy atom. The fourth-order valence-corrected chi connectivity index (χ4v) is 2.63. The molecule has 4 N–H and O–H groups in total. The largest absolute Gasteiger partial charge is 0.405 e. The lowest BCUT2D eigenvalue weighted by Gasteiger charge is -2.24. The van der Waals surface area contributed by atoms with Crippen LogP contribution in [0.5, 0.6) is 0 Å². The van der Waals surface area contributed by atoms with Crippen molar-refractivity contribution in [2.24, 2.45) is 5.73 Å². The van der Waals surface area contributed by atoms with Crippen LogP contribution in [0, 0.1) is 0 Å². The molecule has 7 nitrogen and oxygen atoms in total. The third-order valence-corrected chi connectivity index (χ3v) is 4.16. The van der Waals surface area contributed by atoms with Crippen LogP contribution in [0.4, 0.5) is 13.2 Å². The van der Waals surface area contributed by atoms with Gasteiger partial charge in [-0.15, -0.1) is 0 Å². The van der Waals surface area contributed by atoms with Gasteiger partial charge in [-0.1, -0.05) is 11.6 Å². The topological polar surface area (TPSA) is 110 Å². The van der Waals surface area contributed by atoms with Gasteiger partial charge in [-0.3, -0.25) is 4.79 Å². The van der Waals surface area contributed by atoms with Crippen molar-refractivity contribution in [1.82, 2.24) is 25.5 Å². The van der Waals surface area contributed by atoms with Crippen LogP contribution in [0.2, 0.25) is 5.02 Å². The van der Waals surface area contributed by atoms with Crippen molar-refractivity contribution in [3.05, 3.63) is 41.3 Å². The normalized spacial score (nSPS) is 14.1. The smallest absolute Gasteiger partial charge is 0.345 e. The van der Waals surface area contributed by atoms with Crippen LogP contribution in [0.3, 0.4) is 0 Å². The summed E-state index contributed by atoms with van der Waals surface area (Å²) in [7, 11) is 0. The van der Waals surface area contributed by atoms with E-state index < -0.39 is 24.2 Å². The summed E-state index contributed by atoms with van der Waals surface area (Å²) >= 11 is 5.97. The molecule has 0 saturated carbocycles. The summed E-state index contributed by atoms with van der Waals surface area (Å²) in [6, 6.07) is 3.17. The Bertz CT molecular complexity index is 1000. The molecule has 11 heteroatoms. The van der Waals surface area contributed by atoms with Crippen LogP contribution in [-0.2, 0) is 10.3 Å². The highest BCUT2D eigenvalue weighted by Gasteiger charge is 2.35. The number of halogens is 4. The van der Waals surface area contributed by atoms with Gasteiger partial charge in [0.25, 0.3) is 0 Å². The van der Waals surface area contributed by atoms with Crippen LogP contribution in [0.25, 0.3) is 22.3 Å². The number of hydrogen-bond donors (Lipinski definition) is 3. The van der Waals surface area contributed by atoms with E-state index in [1.54, 1.807) is 17.6 Å². The molecule has 0 unspecified atom stereocenters. The third kappa shape index (κ3) is 4.01. The average Bonchev–Trinajstić information content (AvgIpc) is 3.02. The van der Waals surface area contributed by atoms with Gasteiger partial charge < -0.3 is 16.0 Å². The van der Waals surface area contributed by atoms with E-state index in [1.807, 2.05) is 0 Å². The molecule has 0 saturated heterocycles. The van der Waals surface area contributed by atoms with Crippen LogP contribution in [0.15, 0.2) is 30.7 Å². The summed E-state index contributed by atoms with van der Waals surface area (Å²) in [4.78, 5) is 19.3. The Morgan fingerprint density at radius 1 is 1.33 bits per heavy atom. The number of nitrogens with zero attached hydrogens (tertiary/aromatic N) is 3. The zero-order valence-corrected chi connectivity index (χ0v) is 14.7. The first kappa shape index (κ1) is 19.1. The van der Waals surface area contributed by atoms with Crippen molar-refractivity contribution in [2.75, 3.05) is 6.54 Å². The van der Waals surface area contributed by atoms with Gasteiger partial charge in [0.05, 0.1) is 16.9 Å². The quantitative estimate of drug-likeness (QED) is 0.625. The number of amides is 1. The van der Waals surface area contributed by atoms with E-state index in [0.29, 0.717) is 27.3 Å². The highest BCUT2D eigenvalue weighted by molar-refractivity contribution is 6.31. The second-order valence-corrected chi connectivity index (χ2v) is 6.52. The second-order valence-electron chi connectivity index (χ2n) is 6.08. The molecule has 142 valence electrons. The van der Waals surface area contributed by atoms with Crippen molar-refractivity contribution >= 4 is 28.5 Å². The standard InChI is InChI=1S/C16H14ClF3N6O/c1-15(21,14(27)24-7-16(18,19)20)8-2-12(26-25-4-8)11-6-23-13-10(11)3-9(17)5-22-13/h2-6H,7,21H2,1H3,(H,22,23)(H,24,27)/t15-/m0/s1. The molecular weight excluding hydrogens is 385 g/mol. The van der Waals surface area contributed by atoms with Gasteiger partial charge in [-0.25, -0.2) is 4.98 Å². The van der Waals surface area contributed by atoms with Crippen molar-refractivity contribution < 1.29 is 18.0 Å². The molecule has 1 atom stereocenters. The van der Waals surface area contributed by atoms with Gasteiger partial charge >= 0.3 is 6.18 Å². The highest BCUT2D eigenvalue weighted by atomic mass is 35.5. The SMILES string of the molecule is C[C@@](N)(C(=O)NCC(F)(F)F)c1cnnc(-c2c[nH]c3ncc(Cl)cc23)c1. The van der Waals surface area contributed by atoms with E-state index in [2.05, 4.69) is 20.2 Å². The van der Waals surface area contributed by atoms with Gasteiger partial charge in [-0.05, 0) is 19.1 Å². The Labute approximate surface area is 156 Å². The van der Waals surface area contributed by atoms with Gasteiger partial charge in [0.15, 0.2) is 0 Å². The lowest BCUT2D eigenvalue weighted by molar-refractivity contribution is -0.141. The number of carbonyl (C=O) groups is 1. The molecule has 0 radical (unpaired) electrons. The molecule has 3 aromatic heterocycles. The first-order chi connectivity index (χ1) is 12.6. The van der Waals surface area contributed by atoms with Crippen molar-refractivity contribution in [1.29, 1.82) is 0 Å². The number of hydrogen-bond acceptors (Lipinski definition) is 5. The number of rotatable bonds is 4. The molecule has 3 rings (SSSR count). The van der Waals surface area contributed by atoms with Crippen LogP contribution < -0.4 is 11.1 Å². The van der Waals surface area contributed by atoms with Crippen LogP contribution >= 0.6 is 11.6 Å². The summed E-state index contributed by atoms with van der Waals surface area (Å²) in [6.07, 6.45) is -0.186. The monoisotopic (exact) mass is 398 g/mol. The number of aromatic nitrogens is 4. The molecule has 3 aromatic rings. The fraction of sp³-hybridized carbons (Fsp3) is 0.250. The Kier molecular flexibility index (Phi) is 4.79. The predicted octanol–water partition coefficient (Wildman–Crippen LogP) is 2.53. The van der Waals surface area contributed by atoms with Gasteiger partial charge in [-0.2, -0.15) is 23.4 Å². The zero-order chi connectivity index (χ0) is 19.8. The summed E-state index contributed by atoms with van der Waals surface area (Å²) < 4.78 is 37.0. The zero-order valence-electron chi connectivity index (χ0n) is 13.9. The van der Waals surface area contributed by atoms with Crippen LogP contribution in [-0.4, -0.2) is 38.8 Å². The molecule has 0 aliphatic rings. The maximum absolute atomic E-state index is 12.3. The number of alkyl halides is 3. The number of carbonyl (C=O) groups excluding carboxylic acids is 1. The van der Waals surface area contributed by atoms with Gasteiger partial charge in [0.1, 0.15) is 17.7 Å². The molecule has 0 spiro atoms. The van der Waals surface area contributed by atoms with E-state index in [-0.39, 0.29) is 5.56 Å². The van der Waals surface area contributed by atoms with E-state index in [9.17, 15) is 18.0 Å². The van der Waals surface area contributed by atoms with E-state index in [0.717, 1.165) is 0 Å². The molecule has 3 heterocycles. The van der Waals surface area contributed by atoms with Crippen molar-refractivity contribution in [3.8, 4) is 11.3 Å². The number of H-pyrrole nitrogens is 1. The first-order valence-electron chi connectivity index (χ1n) is 7.68. The highest BCUT2D eigenvalue weighted by Crippen LogP contribution is 2.29. The van der Waals surface area contributed by atoms with Gasteiger partial charge in [0, 0.05) is 28.9 Å². The van der Waals surface area contributed by atoms with E-state index >= 15 is 0 Å². The summed E-state index contributed by atoms with van der Waals surface area (Å²) in [6.45, 7) is -0.177. The molecule has 27 heavy (non-hydrogen) atoms. The molecule has 0 aromatic carbocycles. The lowest BCUT2D eigenvalue weighted by Crippen LogP contribution is -2.51. The van der Waals surface area contributed by atoms with Crippen molar-refractivity contribution in [3.63, 3.8) is 0 Å². The molecule has 0 aliphatic carbocycles. The summed E-state index contributed by atoms with van der Waals surface area (Å²) in [5.41, 5.74) is 5.99. The predicted molar refractivity (Wildman–Crippen MR) is 92.7 cm³/mol. The Hall–Kier alpha value is -2.72. The van der Waals surface area contributed by atoms with Crippen LogP contribution in [0.1, 0.15) is 12.5 Å². The molecular formula is C16H14ClF3N6O. The lowest BCUT2D eigenvalue weighted by atomic mass is 9.92. The number of fused-ring (bicyclic) bond motifs is 1. The Morgan fingerprint density at radius 2 is 2.07 bits per heavy atom. The summed E-state index contributed by atoms with van der Waals surface area (Å²) in [5.74, 6) is -0.984. The minimum Gasteiger partial charge on any atom is -0.345 e. The van der Waals surface area contributed by atoms with E-state index in [1.165, 1.54) is 25.4 Å². The molecule has 0 aliphatic heterocycles. The van der Waals surface area contributed by atoms with Gasteiger partial charge in [0.2, 0.25) is 5.91 Å². The number of aromatic amines is 1. The minimum atomic E-state index is -4.54. The second kappa shape index (κ2) is 6.78. The van der Waals surface area contributed by atoms with Crippen molar-refractivity contribution in [2.45, 2.75) is 18.6 Å². The molecule has 0 fully saturated rings. The first-order valence-corrected chi connectivity index (χ1v) is 8.06. The average molecular weight is 399 g/mol. The number of nitrogens with two attached hydrogens (primary N) is 1. The number of pyridine rings is 1. The maximum atomic E-state index is 12.3.